The highest BCUT2D eigenvalue weighted by molar-refractivity contribution is 5.61. The van der Waals surface area contributed by atoms with Crippen LogP contribution >= 0.6 is 0 Å². The fourth-order valence-electron chi connectivity index (χ4n) is 1.45. The van der Waals surface area contributed by atoms with Gasteiger partial charge in [-0.1, -0.05) is 0 Å². The minimum absolute atomic E-state index is 0.659. The average Bonchev–Trinajstić information content (AvgIpc) is 2.68. The van der Waals surface area contributed by atoms with E-state index in [1.807, 2.05) is 24.4 Å². The van der Waals surface area contributed by atoms with E-state index in [1.165, 1.54) is 0 Å². The summed E-state index contributed by atoms with van der Waals surface area (Å²) in [6, 6.07) is 0. The number of hydrogen-bond donors (Lipinski definition) is 1. The highest BCUT2D eigenvalue weighted by Crippen LogP contribution is 2.11. The van der Waals surface area contributed by atoms with Gasteiger partial charge in [0.05, 0.1) is 6.61 Å². The monoisotopic (exact) mass is 221 g/mol. The molecule has 1 N–H and O–H groups in total. The summed E-state index contributed by atoms with van der Waals surface area (Å²) in [4.78, 5) is 4.23. The number of nitrogens with zero attached hydrogens (tertiary/aromatic N) is 4. The van der Waals surface area contributed by atoms with E-state index in [1.54, 1.807) is 6.20 Å². The van der Waals surface area contributed by atoms with Crippen molar-refractivity contribution in [1.29, 1.82) is 0 Å². The van der Waals surface area contributed by atoms with E-state index in [0.29, 0.717) is 13.2 Å². The number of rotatable bonds is 5. The number of fused-ring (bicyclic) bond motifs is 1. The number of hydrogen-bond acceptors (Lipinski definition) is 5. The molecule has 6 nitrogen and oxygen atoms in total. The van der Waals surface area contributed by atoms with Crippen molar-refractivity contribution in [3.8, 4) is 0 Å². The van der Waals surface area contributed by atoms with Gasteiger partial charge in [0, 0.05) is 25.5 Å². The molecule has 0 aliphatic heterocycles. The van der Waals surface area contributed by atoms with Crippen molar-refractivity contribution in [3.63, 3.8) is 0 Å². The van der Waals surface area contributed by atoms with Crippen LogP contribution in [0.3, 0.4) is 0 Å². The van der Waals surface area contributed by atoms with Crippen LogP contribution in [-0.2, 0) is 4.74 Å². The van der Waals surface area contributed by atoms with Crippen LogP contribution < -0.4 is 5.32 Å². The minimum atomic E-state index is 0.659. The third-order valence-corrected chi connectivity index (χ3v) is 2.24. The molecule has 0 spiro atoms. The van der Waals surface area contributed by atoms with E-state index in [2.05, 4.69) is 20.5 Å². The zero-order chi connectivity index (χ0) is 11.4. The predicted octanol–water partition coefficient (Wildman–Crippen LogP) is 0.881. The first-order chi connectivity index (χ1) is 7.83. The summed E-state index contributed by atoms with van der Waals surface area (Å²) in [6.07, 6.45) is 3.57. The third kappa shape index (κ3) is 2.11. The summed E-state index contributed by atoms with van der Waals surface area (Å²) < 4.78 is 7.14. The molecule has 16 heavy (non-hydrogen) atoms. The van der Waals surface area contributed by atoms with Crippen LogP contribution in [0.25, 0.3) is 5.65 Å². The quantitative estimate of drug-likeness (QED) is 0.759. The van der Waals surface area contributed by atoms with Crippen LogP contribution in [0.5, 0.6) is 0 Å². The maximum Gasteiger partial charge on any atom is 0.203 e. The second-order valence-corrected chi connectivity index (χ2v) is 3.34. The molecular weight excluding hydrogens is 206 g/mol. The molecule has 0 atom stereocenters. The van der Waals surface area contributed by atoms with E-state index in [0.717, 1.165) is 23.9 Å². The lowest BCUT2D eigenvalue weighted by molar-refractivity contribution is 0.158. The van der Waals surface area contributed by atoms with Gasteiger partial charge in [0.1, 0.15) is 5.82 Å². The van der Waals surface area contributed by atoms with Gasteiger partial charge in [0.15, 0.2) is 5.82 Å². The second-order valence-electron chi connectivity index (χ2n) is 3.34. The first kappa shape index (κ1) is 10.8. The van der Waals surface area contributed by atoms with Gasteiger partial charge >= 0.3 is 0 Å². The van der Waals surface area contributed by atoms with Crippen LogP contribution in [0.4, 0.5) is 5.82 Å². The summed E-state index contributed by atoms with van der Waals surface area (Å²) in [5, 5.41) is 11.2. The van der Waals surface area contributed by atoms with Gasteiger partial charge in [-0.25, -0.2) is 4.98 Å². The zero-order valence-electron chi connectivity index (χ0n) is 9.47. The fraction of sp³-hybridized carbons (Fsp3) is 0.500. The van der Waals surface area contributed by atoms with Crippen molar-refractivity contribution >= 4 is 11.5 Å². The smallest absolute Gasteiger partial charge is 0.203 e. The van der Waals surface area contributed by atoms with Crippen molar-refractivity contribution in [1.82, 2.24) is 19.6 Å². The first-order valence-corrected chi connectivity index (χ1v) is 5.31. The van der Waals surface area contributed by atoms with Crippen molar-refractivity contribution < 1.29 is 4.74 Å². The molecule has 0 saturated carbocycles. The van der Waals surface area contributed by atoms with Gasteiger partial charge in [0.2, 0.25) is 5.65 Å². The Morgan fingerprint density at radius 1 is 1.44 bits per heavy atom. The first-order valence-electron chi connectivity index (χ1n) is 5.31. The van der Waals surface area contributed by atoms with Gasteiger partial charge < -0.3 is 10.1 Å². The molecule has 2 heterocycles. The van der Waals surface area contributed by atoms with E-state index >= 15 is 0 Å². The van der Waals surface area contributed by atoms with Crippen LogP contribution in [0.1, 0.15) is 12.7 Å². The molecule has 0 bridgehead atoms. The molecule has 6 heteroatoms. The molecule has 0 fully saturated rings. The zero-order valence-corrected chi connectivity index (χ0v) is 9.47. The summed E-state index contributed by atoms with van der Waals surface area (Å²) in [7, 11) is 0. The van der Waals surface area contributed by atoms with Gasteiger partial charge in [-0.05, 0) is 13.8 Å². The maximum atomic E-state index is 5.24. The average molecular weight is 221 g/mol. The molecule has 0 aliphatic rings. The van der Waals surface area contributed by atoms with Crippen molar-refractivity contribution in [3.05, 3.63) is 18.2 Å². The number of anilines is 1. The summed E-state index contributed by atoms with van der Waals surface area (Å²) in [6.45, 7) is 5.98. The molecule has 0 aromatic carbocycles. The Balaban J connectivity index is 2.11. The molecule has 86 valence electrons. The Labute approximate surface area is 93.7 Å². The number of ether oxygens (including phenoxy) is 1. The van der Waals surface area contributed by atoms with E-state index in [9.17, 15) is 0 Å². The molecule has 0 saturated heterocycles. The molecule has 2 aromatic heterocycles. The molecule has 0 amide bonds. The van der Waals surface area contributed by atoms with E-state index in [-0.39, 0.29) is 0 Å². The minimum Gasteiger partial charge on any atom is -0.380 e. The number of nitrogens with one attached hydrogen (secondary N) is 1. The van der Waals surface area contributed by atoms with Gasteiger partial charge in [-0.3, -0.25) is 4.40 Å². The Kier molecular flexibility index (Phi) is 3.31. The van der Waals surface area contributed by atoms with E-state index in [4.69, 9.17) is 4.74 Å². The highest BCUT2D eigenvalue weighted by atomic mass is 16.5. The van der Waals surface area contributed by atoms with Crippen molar-refractivity contribution in [2.45, 2.75) is 13.8 Å². The molecule has 2 rings (SSSR count). The lowest BCUT2D eigenvalue weighted by atomic mass is 10.5. The number of aryl methyl sites for hydroxylation is 1. The SMILES string of the molecule is CCOCCNc1nccn2c(C)nnc12. The molecule has 0 unspecified atom stereocenters. The fourth-order valence-corrected chi connectivity index (χ4v) is 1.45. The molecule has 2 aromatic rings. The Morgan fingerprint density at radius 3 is 3.12 bits per heavy atom. The maximum absolute atomic E-state index is 5.24. The lowest BCUT2D eigenvalue weighted by Crippen LogP contribution is -2.11. The third-order valence-electron chi connectivity index (χ3n) is 2.24. The molecule has 0 aliphatic carbocycles. The summed E-state index contributed by atoms with van der Waals surface area (Å²) >= 11 is 0. The Bertz CT molecular complexity index is 467. The van der Waals surface area contributed by atoms with Crippen LogP contribution in [-0.4, -0.2) is 39.3 Å². The predicted molar refractivity (Wildman–Crippen MR) is 60.5 cm³/mol. The number of aromatic nitrogens is 4. The van der Waals surface area contributed by atoms with E-state index < -0.39 is 0 Å². The van der Waals surface area contributed by atoms with Crippen molar-refractivity contribution in [2.24, 2.45) is 0 Å². The van der Waals surface area contributed by atoms with Crippen molar-refractivity contribution in [2.75, 3.05) is 25.1 Å². The van der Waals surface area contributed by atoms with Gasteiger partial charge in [-0.15, -0.1) is 10.2 Å². The standard InChI is InChI=1S/C10H15N5O/c1-3-16-7-5-12-9-10-14-13-8(2)15(10)6-4-11-9/h4,6H,3,5,7H2,1-2H3,(H,11,12). The largest absolute Gasteiger partial charge is 0.380 e. The second kappa shape index (κ2) is 4.89. The van der Waals surface area contributed by atoms with Crippen LogP contribution in [0.15, 0.2) is 12.4 Å². The van der Waals surface area contributed by atoms with Crippen LogP contribution in [0, 0.1) is 6.92 Å². The Hall–Kier alpha value is -1.69. The molecule has 0 radical (unpaired) electrons. The summed E-state index contributed by atoms with van der Waals surface area (Å²) in [5.74, 6) is 1.59. The lowest BCUT2D eigenvalue weighted by Gasteiger charge is -2.05. The van der Waals surface area contributed by atoms with Crippen LogP contribution in [0.2, 0.25) is 0 Å². The van der Waals surface area contributed by atoms with Gasteiger partial charge in [0.25, 0.3) is 0 Å². The molecular formula is C10H15N5O. The van der Waals surface area contributed by atoms with Gasteiger partial charge in [-0.2, -0.15) is 0 Å². The normalized spacial score (nSPS) is 10.9. The topological polar surface area (TPSA) is 64.3 Å². The summed E-state index contributed by atoms with van der Waals surface area (Å²) in [5.41, 5.74) is 0.747. The highest BCUT2D eigenvalue weighted by Gasteiger charge is 2.06. The Morgan fingerprint density at radius 2 is 2.31 bits per heavy atom.